The molecule has 1 amide bonds. The number of pyridine rings is 1. The second-order valence-corrected chi connectivity index (χ2v) is 8.32. The number of thiophene rings is 2. The molecule has 150 valence electrons. The highest BCUT2D eigenvalue weighted by Gasteiger charge is 2.24. The molecule has 29 heavy (non-hydrogen) atoms. The molecule has 0 bridgehead atoms. The van der Waals surface area contributed by atoms with Crippen molar-refractivity contribution in [3.63, 3.8) is 0 Å². The number of esters is 1. The summed E-state index contributed by atoms with van der Waals surface area (Å²) in [6.45, 7) is 5.67. The number of rotatable bonds is 6. The number of carbonyl (C=O) groups is 2. The number of amides is 1. The largest absolute Gasteiger partial charge is 0.462 e. The van der Waals surface area contributed by atoms with Gasteiger partial charge in [0.25, 0.3) is 5.91 Å². The lowest BCUT2D eigenvalue weighted by Gasteiger charge is -2.02. The summed E-state index contributed by atoms with van der Waals surface area (Å²) < 4.78 is 5.02. The Morgan fingerprint density at radius 2 is 2.03 bits per heavy atom. The molecule has 0 aliphatic heterocycles. The van der Waals surface area contributed by atoms with Crippen LogP contribution >= 0.6 is 22.7 Å². The highest BCUT2D eigenvalue weighted by molar-refractivity contribution is 7.21. The number of carbonyl (C=O) groups excluding carboxylic acids is 2. The van der Waals surface area contributed by atoms with Crippen molar-refractivity contribution >= 4 is 55.5 Å². The van der Waals surface area contributed by atoms with Crippen LogP contribution in [-0.4, -0.2) is 23.5 Å². The minimum atomic E-state index is -0.513. The van der Waals surface area contributed by atoms with Crippen LogP contribution < -0.4 is 11.1 Å². The van der Waals surface area contributed by atoms with Gasteiger partial charge in [0.1, 0.15) is 25.7 Å². The molecule has 0 fully saturated rings. The van der Waals surface area contributed by atoms with Crippen molar-refractivity contribution in [2.45, 2.75) is 33.6 Å². The Bertz CT molecular complexity index is 1140. The van der Waals surface area contributed by atoms with Gasteiger partial charge in [0.2, 0.25) is 0 Å². The van der Waals surface area contributed by atoms with Crippen LogP contribution in [0.15, 0.2) is 12.1 Å². The van der Waals surface area contributed by atoms with E-state index in [1.165, 1.54) is 11.3 Å². The maximum absolute atomic E-state index is 12.9. The van der Waals surface area contributed by atoms with E-state index in [1.54, 1.807) is 13.8 Å². The average molecular weight is 429 g/mol. The number of nitrogens with zero attached hydrogens (tertiary/aromatic N) is 2. The number of anilines is 2. The summed E-state index contributed by atoms with van der Waals surface area (Å²) in [6, 6.07) is 5.84. The molecular formula is C20H20N4O3S2. The molecule has 9 heteroatoms. The van der Waals surface area contributed by atoms with E-state index in [0.29, 0.717) is 30.8 Å². The topological polar surface area (TPSA) is 118 Å². The van der Waals surface area contributed by atoms with Crippen LogP contribution in [0.3, 0.4) is 0 Å². The Labute approximate surface area is 176 Å². The van der Waals surface area contributed by atoms with Crippen molar-refractivity contribution in [2.24, 2.45) is 0 Å². The molecule has 0 unspecified atom stereocenters. The van der Waals surface area contributed by atoms with E-state index in [4.69, 9.17) is 10.5 Å². The first-order valence-electron chi connectivity index (χ1n) is 9.11. The summed E-state index contributed by atoms with van der Waals surface area (Å²) in [7, 11) is 0. The number of hydrogen-bond acceptors (Lipinski definition) is 8. The van der Waals surface area contributed by atoms with Gasteiger partial charge in [0.15, 0.2) is 0 Å². The van der Waals surface area contributed by atoms with Crippen molar-refractivity contribution < 1.29 is 14.3 Å². The first-order chi connectivity index (χ1) is 13.9. The Balaban J connectivity index is 1.94. The van der Waals surface area contributed by atoms with Crippen molar-refractivity contribution in [1.29, 1.82) is 5.26 Å². The van der Waals surface area contributed by atoms with Crippen molar-refractivity contribution in [3.8, 4) is 6.07 Å². The number of aryl methyl sites for hydroxylation is 1. The van der Waals surface area contributed by atoms with E-state index in [9.17, 15) is 14.9 Å². The van der Waals surface area contributed by atoms with Crippen LogP contribution in [0.4, 0.5) is 10.7 Å². The molecule has 3 heterocycles. The van der Waals surface area contributed by atoms with Gasteiger partial charge in [-0.3, -0.25) is 4.79 Å². The SMILES string of the molecule is CCCc1ccc2c(N)c(C(=O)Nc3sc(C(=O)OCC)c(C)c3C#N)sc2n1. The number of hydrogen-bond donors (Lipinski definition) is 2. The molecule has 0 radical (unpaired) electrons. The summed E-state index contributed by atoms with van der Waals surface area (Å²) in [5.74, 6) is -0.947. The van der Waals surface area contributed by atoms with Gasteiger partial charge in [-0.1, -0.05) is 13.3 Å². The number of nitrogens with one attached hydrogen (secondary N) is 1. The summed E-state index contributed by atoms with van der Waals surface area (Å²) in [5, 5.41) is 13.2. The average Bonchev–Trinajstić information content (AvgIpc) is 3.18. The van der Waals surface area contributed by atoms with Crippen LogP contribution in [0, 0.1) is 18.3 Å². The molecule has 3 aromatic rings. The normalized spacial score (nSPS) is 10.7. The number of aromatic nitrogens is 1. The monoisotopic (exact) mass is 428 g/mol. The molecule has 0 atom stereocenters. The van der Waals surface area contributed by atoms with E-state index >= 15 is 0 Å². The zero-order valence-corrected chi connectivity index (χ0v) is 17.9. The zero-order chi connectivity index (χ0) is 21.1. The van der Waals surface area contributed by atoms with Crippen molar-refractivity contribution in [1.82, 2.24) is 4.98 Å². The fourth-order valence-electron chi connectivity index (χ4n) is 2.89. The van der Waals surface area contributed by atoms with Crippen LogP contribution in [0.5, 0.6) is 0 Å². The van der Waals surface area contributed by atoms with Crippen LogP contribution in [0.25, 0.3) is 10.2 Å². The van der Waals surface area contributed by atoms with Gasteiger partial charge in [-0.15, -0.1) is 22.7 Å². The molecule has 0 spiro atoms. The highest BCUT2D eigenvalue weighted by atomic mass is 32.1. The molecule has 7 nitrogen and oxygen atoms in total. The minimum Gasteiger partial charge on any atom is -0.462 e. The summed E-state index contributed by atoms with van der Waals surface area (Å²) in [4.78, 5) is 30.9. The molecule has 0 aliphatic rings. The predicted molar refractivity (Wildman–Crippen MR) is 116 cm³/mol. The summed E-state index contributed by atoms with van der Waals surface area (Å²) in [6.07, 6.45) is 1.83. The number of fused-ring (bicyclic) bond motifs is 1. The third kappa shape index (κ3) is 3.95. The maximum Gasteiger partial charge on any atom is 0.348 e. The van der Waals surface area contributed by atoms with Crippen molar-refractivity contribution in [3.05, 3.63) is 38.7 Å². The molecule has 0 aliphatic carbocycles. The van der Waals surface area contributed by atoms with E-state index in [0.717, 1.165) is 35.3 Å². The number of ether oxygens (including phenoxy) is 1. The lowest BCUT2D eigenvalue weighted by Crippen LogP contribution is -2.11. The van der Waals surface area contributed by atoms with Crippen LogP contribution in [0.1, 0.15) is 56.4 Å². The highest BCUT2D eigenvalue weighted by Crippen LogP contribution is 2.36. The Hall–Kier alpha value is -2.96. The molecule has 3 rings (SSSR count). The molecule has 3 aromatic heterocycles. The molecule has 0 saturated heterocycles. The van der Waals surface area contributed by atoms with Crippen molar-refractivity contribution in [2.75, 3.05) is 17.7 Å². The number of nitrogens with two attached hydrogens (primary N) is 1. The lowest BCUT2D eigenvalue weighted by molar-refractivity contribution is 0.0531. The van der Waals surface area contributed by atoms with Gasteiger partial charge in [-0.05, 0) is 38.0 Å². The Morgan fingerprint density at radius 1 is 1.28 bits per heavy atom. The van der Waals surface area contributed by atoms with Gasteiger partial charge >= 0.3 is 5.97 Å². The van der Waals surface area contributed by atoms with Crippen LogP contribution in [0.2, 0.25) is 0 Å². The van der Waals surface area contributed by atoms with E-state index < -0.39 is 11.9 Å². The second-order valence-electron chi connectivity index (χ2n) is 6.30. The quantitative estimate of drug-likeness (QED) is 0.558. The maximum atomic E-state index is 12.9. The Morgan fingerprint density at radius 3 is 2.69 bits per heavy atom. The van der Waals surface area contributed by atoms with Crippen LogP contribution in [-0.2, 0) is 11.2 Å². The number of nitrogen functional groups attached to an aromatic ring is 1. The van der Waals surface area contributed by atoms with E-state index in [1.807, 2.05) is 18.2 Å². The van der Waals surface area contributed by atoms with Gasteiger partial charge < -0.3 is 15.8 Å². The lowest BCUT2D eigenvalue weighted by atomic mass is 10.1. The fourth-order valence-corrected chi connectivity index (χ4v) is 4.94. The summed E-state index contributed by atoms with van der Waals surface area (Å²) in [5.41, 5.74) is 8.23. The van der Waals surface area contributed by atoms with Gasteiger partial charge in [-0.2, -0.15) is 5.26 Å². The number of nitriles is 1. The standard InChI is InChI=1S/C20H20N4O3S2/c1-4-6-11-7-8-12-14(22)16(29-18(12)23-11)17(25)24-19-13(9-21)10(3)15(28-19)20(26)27-5-2/h7-8H,4-6,22H2,1-3H3,(H,24,25). The summed E-state index contributed by atoms with van der Waals surface area (Å²) >= 11 is 2.23. The smallest absolute Gasteiger partial charge is 0.348 e. The van der Waals surface area contributed by atoms with Gasteiger partial charge in [-0.25, -0.2) is 9.78 Å². The third-order valence-corrected chi connectivity index (χ3v) is 6.61. The third-order valence-electron chi connectivity index (χ3n) is 4.31. The zero-order valence-electron chi connectivity index (χ0n) is 16.3. The second kappa shape index (κ2) is 8.59. The molecule has 3 N–H and O–H groups in total. The minimum absolute atomic E-state index is 0.227. The first kappa shape index (κ1) is 20.8. The first-order valence-corrected chi connectivity index (χ1v) is 10.7. The van der Waals surface area contributed by atoms with E-state index in [-0.39, 0.29) is 12.2 Å². The van der Waals surface area contributed by atoms with E-state index in [2.05, 4.69) is 17.2 Å². The predicted octanol–water partition coefficient (Wildman–Crippen LogP) is 4.50. The fraction of sp³-hybridized carbons (Fsp3) is 0.300. The Kier molecular flexibility index (Phi) is 6.15. The van der Waals surface area contributed by atoms with Gasteiger partial charge in [0.05, 0.1) is 17.9 Å². The van der Waals surface area contributed by atoms with Gasteiger partial charge in [0, 0.05) is 11.1 Å². The molecule has 0 saturated carbocycles. The molecular weight excluding hydrogens is 408 g/mol. The molecule has 0 aromatic carbocycles.